The van der Waals surface area contributed by atoms with Gasteiger partial charge in [-0.1, -0.05) is 31.2 Å². The van der Waals surface area contributed by atoms with E-state index in [1.54, 1.807) is 0 Å². The van der Waals surface area contributed by atoms with Crippen molar-refractivity contribution >= 4 is 11.6 Å². The zero-order valence-corrected chi connectivity index (χ0v) is 14.5. The summed E-state index contributed by atoms with van der Waals surface area (Å²) in [4.78, 5) is 12.6. The molecule has 1 heterocycles. The molecule has 1 amide bonds. The first-order valence-corrected chi connectivity index (χ1v) is 8.44. The van der Waals surface area contributed by atoms with Crippen molar-refractivity contribution in [3.8, 4) is 5.75 Å². The molecule has 1 aliphatic heterocycles. The van der Waals surface area contributed by atoms with Gasteiger partial charge < -0.3 is 15.4 Å². The number of nitrogens with one attached hydrogen (secondary N) is 2. The van der Waals surface area contributed by atoms with Gasteiger partial charge in [-0.25, -0.2) is 0 Å². The number of benzene rings is 2. The molecular weight excluding hydrogens is 300 g/mol. The highest BCUT2D eigenvalue weighted by Crippen LogP contribution is 2.32. The molecule has 126 valence electrons. The highest BCUT2D eigenvalue weighted by Gasteiger charge is 2.29. The molecule has 1 unspecified atom stereocenters. The summed E-state index contributed by atoms with van der Waals surface area (Å²) >= 11 is 0. The summed E-state index contributed by atoms with van der Waals surface area (Å²) in [5, 5.41) is 6.31. The first kappa shape index (κ1) is 16.5. The van der Waals surface area contributed by atoms with E-state index < -0.39 is 6.10 Å². The quantitative estimate of drug-likeness (QED) is 0.887. The molecule has 1 aliphatic rings. The fourth-order valence-corrected chi connectivity index (χ4v) is 2.93. The van der Waals surface area contributed by atoms with Gasteiger partial charge in [0.2, 0.25) is 0 Å². The van der Waals surface area contributed by atoms with E-state index in [0.29, 0.717) is 6.42 Å². The van der Waals surface area contributed by atoms with E-state index in [0.717, 1.165) is 35.7 Å². The summed E-state index contributed by atoms with van der Waals surface area (Å²) in [6.07, 6.45) is 0.158. The molecule has 0 fully saturated rings. The molecule has 3 rings (SSSR count). The number of amides is 1. The number of hydrogen-bond donors (Lipinski definition) is 2. The van der Waals surface area contributed by atoms with Crippen LogP contribution in [0, 0.1) is 13.8 Å². The average molecular weight is 324 g/mol. The van der Waals surface area contributed by atoms with Crippen LogP contribution >= 0.6 is 0 Å². The Bertz CT molecular complexity index is 724. The number of fused-ring (bicyclic) bond motifs is 1. The second-order valence-electron chi connectivity index (χ2n) is 6.28. The number of carbonyl (C=O) groups excluding carboxylic acids is 1. The molecule has 0 spiro atoms. The van der Waals surface area contributed by atoms with Crippen molar-refractivity contribution in [3.63, 3.8) is 0 Å². The molecule has 2 aromatic rings. The number of rotatable bonds is 5. The highest BCUT2D eigenvalue weighted by atomic mass is 16.5. The maximum Gasteiger partial charge on any atom is 0.265 e. The lowest BCUT2D eigenvalue weighted by Crippen LogP contribution is -2.32. The summed E-state index contributed by atoms with van der Waals surface area (Å²) < 4.78 is 5.87. The van der Waals surface area contributed by atoms with Gasteiger partial charge in [0.25, 0.3) is 5.91 Å². The van der Waals surface area contributed by atoms with Crippen LogP contribution in [0.25, 0.3) is 0 Å². The zero-order chi connectivity index (χ0) is 17.1. The van der Waals surface area contributed by atoms with E-state index >= 15 is 0 Å². The Hall–Kier alpha value is -2.33. The smallest absolute Gasteiger partial charge is 0.265 e. The Kier molecular flexibility index (Phi) is 4.86. The van der Waals surface area contributed by atoms with Crippen LogP contribution in [0.4, 0.5) is 5.69 Å². The van der Waals surface area contributed by atoms with Crippen molar-refractivity contribution in [1.82, 2.24) is 5.32 Å². The molecular formula is C20H24N2O2. The third-order valence-electron chi connectivity index (χ3n) is 4.48. The molecule has 0 aromatic heterocycles. The van der Waals surface area contributed by atoms with Crippen LogP contribution in [0.2, 0.25) is 0 Å². The fraction of sp³-hybridized carbons (Fsp3) is 0.350. The molecule has 1 atom stereocenters. The Balaban J connectivity index is 1.71. The average Bonchev–Trinajstić information content (AvgIpc) is 2.97. The van der Waals surface area contributed by atoms with Gasteiger partial charge in [-0.15, -0.1) is 0 Å². The van der Waals surface area contributed by atoms with Crippen molar-refractivity contribution in [2.24, 2.45) is 0 Å². The van der Waals surface area contributed by atoms with E-state index in [2.05, 4.69) is 37.5 Å². The van der Waals surface area contributed by atoms with Gasteiger partial charge >= 0.3 is 0 Å². The molecule has 24 heavy (non-hydrogen) atoms. The molecule has 0 radical (unpaired) electrons. The normalized spacial score (nSPS) is 15.7. The van der Waals surface area contributed by atoms with Crippen LogP contribution in [-0.4, -0.2) is 18.6 Å². The Morgan fingerprint density at radius 1 is 1.21 bits per heavy atom. The molecule has 4 nitrogen and oxygen atoms in total. The molecule has 2 aromatic carbocycles. The van der Waals surface area contributed by atoms with Crippen molar-refractivity contribution < 1.29 is 9.53 Å². The lowest BCUT2D eigenvalue weighted by Gasteiger charge is -2.14. The maximum absolute atomic E-state index is 12.6. The van der Waals surface area contributed by atoms with Crippen LogP contribution in [0.1, 0.15) is 29.2 Å². The van der Waals surface area contributed by atoms with Gasteiger partial charge in [-0.3, -0.25) is 4.79 Å². The summed E-state index contributed by atoms with van der Waals surface area (Å²) in [6.45, 7) is 7.83. The lowest BCUT2D eigenvalue weighted by atomic mass is 10.0. The first-order valence-electron chi connectivity index (χ1n) is 8.44. The van der Waals surface area contributed by atoms with Gasteiger partial charge in [0.05, 0.1) is 0 Å². The maximum atomic E-state index is 12.6. The summed E-state index contributed by atoms with van der Waals surface area (Å²) in [5.74, 6) is 0.740. The van der Waals surface area contributed by atoms with Crippen molar-refractivity contribution in [2.45, 2.75) is 39.8 Å². The van der Waals surface area contributed by atoms with Gasteiger partial charge in [0.15, 0.2) is 6.10 Å². The van der Waals surface area contributed by atoms with Crippen LogP contribution in [0.15, 0.2) is 36.4 Å². The molecule has 2 N–H and O–H groups in total. The van der Waals surface area contributed by atoms with Crippen LogP contribution in [0.3, 0.4) is 0 Å². The Morgan fingerprint density at radius 3 is 2.75 bits per heavy atom. The van der Waals surface area contributed by atoms with Crippen molar-refractivity contribution in [3.05, 3.63) is 58.7 Å². The SMILES string of the molecule is CCNCc1ccccc1NC(=O)C1Cc2cc(C)c(C)cc2O1. The molecule has 4 heteroatoms. The fourth-order valence-electron chi connectivity index (χ4n) is 2.93. The third kappa shape index (κ3) is 3.44. The number of para-hydroxylation sites is 1. The summed E-state index contributed by atoms with van der Waals surface area (Å²) in [7, 11) is 0. The minimum absolute atomic E-state index is 0.0922. The Labute approximate surface area is 143 Å². The first-order chi connectivity index (χ1) is 11.6. The standard InChI is InChI=1S/C20H24N2O2/c1-4-21-12-15-7-5-6-8-17(15)22-20(23)19-11-16-9-13(2)14(3)10-18(16)24-19/h5-10,19,21H,4,11-12H2,1-3H3,(H,22,23). The summed E-state index contributed by atoms with van der Waals surface area (Å²) in [6, 6.07) is 12.0. The monoisotopic (exact) mass is 324 g/mol. The predicted octanol–water partition coefficient (Wildman–Crippen LogP) is 3.36. The molecule has 0 saturated carbocycles. The molecule has 0 saturated heterocycles. The van der Waals surface area contributed by atoms with Gasteiger partial charge in [0, 0.05) is 18.7 Å². The number of ether oxygens (including phenoxy) is 1. The van der Waals surface area contributed by atoms with E-state index in [9.17, 15) is 4.79 Å². The largest absolute Gasteiger partial charge is 0.480 e. The zero-order valence-electron chi connectivity index (χ0n) is 14.5. The van der Waals surface area contributed by atoms with Gasteiger partial charge in [0.1, 0.15) is 5.75 Å². The van der Waals surface area contributed by atoms with Crippen LogP contribution < -0.4 is 15.4 Å². The second kappa shape index (κ2) is 7.05. The third-order valence-corrected chi connectivity index (χ3v) is 4.48. The minimum Gasteiger partial charge on any atom is -0.480 e. The van der Waals surface area contributed by atoms with E-state index in [-0.39, 0.29) is 5.91 Å². The van der Waals surface area contributed by atoms with Crippen molar-refractivity contribution in [2.75, 3.05) is 11.9 Å². The lowest BCUT2D eigenvalue weighted by molar-refractivity contribution is -0.122. The number of anilines is 1. The number of aryl methyl sites for hydroxylation is 2. The van der Waals surface area contributed by atoms with Gasteiger partial charge in [-0.05, 0) is 54.8 Å². The van der Waals surface area contributed by atoms with Crippen LogP contribution in [0.5, 0.6) is 5.75 Å². The van der Waals surface area contributed by atoms with Gasteiger partial charge in [-0.2, -0.15) is 0 Å². The second-order valence-corrected chi connectivity index (χ2v) is 6.28. The molecule has 0 aliphatic carbocycles. The predicted molar refractivity (Wildman–Crippen MR) is 96.5 cm³/mol. The Morgan fingerprint density at radius 2 is 1.96 bits per heavy atom. The van der Waals surface area contributed by atoms with E-state index in [1.165, 1.54) is 11.1 Å². The number of hydrogen-bond acceptors (Lipinski definition) is 3. The topological polar surface area (TPSA) is 50.4 Å². The van der Waals surface area contributed by atoms with E-state index in [1.807, 2.05) is 30.3 Å². The molecule has 0 bridgehead atoms. The van der Waals surface area contributed by atoms with E-state index in [4.69, 9.17) is 4.74 Å². The number of carbonyl (C=O) groups is 1. The van der Waals surface area contributed by atoms with Crippen molar-refractivity contribution in [1.29, 1.82) is 0 Å². The summed E-state index contributed by atoms with van der Waals surface area (Å²) in [5.41, 5.74) is 5.45. The minimum atomic E-state index is -0.464. The highest BCUT2D eigenvalue weighted by molar-refractivity contribution is 5.95. The van der Waals surface area contributed by atoms with Crippen LogP contribution in [-0.2, 0) is 17.8 Å².